The van der Waals surface area contributed by atoms with Crippen LogP contribution in [0.4, 0.5) is 10.5 Å². The third-order valence-corrected chi connectivity index (χ3v) is 4.59. The number of rotatable bonds is 4. The quantitative estimate of drug-likeness (QED) is 0.410. The van der Waals surface area contributed by atoms with Crippen molar-refractivity contribution in [1.82, 2.24) is 5.32 Å². The van der Waals surface area contributed by atoms with E-state index in [9.17, 15) is 9.59 Å². The van der Waals surface area contributed by atoms with Gasteiger partial charge < -0.3 is 10.1 Å². The van der Waals surface area contributed by atoms with Crippen molar-refractivity contribution in [1.29, 1.82) is 0 Å². The first-order chi connectivity index (χ1) is 12.0. The zero-order chi connectivity index (χ0) is 18.0. The minimum Gasteiger partial charge on any atom is -0.493 e. The number of nitrogens with one attached hydrogen (secondary N) is 1. The molecule has 1 aliphatic heterocycles. The van der Waals surface area contributed by atoms with E-state index in [1.807, 2.05) is 25.1 Å². The van der Waals surface area contributed by atoms with Gasteiger partial charge in [0.25, 0.3) is 5.91 Å². The monoisotopic (exact) mass is 468 g/mol. The molecule has 1 fully saturated rings. The zero-order valence-electron chi connectivity index (χ0n) is 13.3. The first-order valence-electron chi connectivity index (χ1n) is 7.54. The molecule has 0 bridgehead atoms. The number of carbonyl (C=O) groups excluding carboxylic acids is 2. The predicted octanol–water partition coefficient (Wildman–Crippen LogP) is 4.44. The van der Waals surface area contributed by atoms with E-state index in [0.717, 1.165) is 19.8 Å². The molecule has 1 N–H and O–H groups in total. The lowest BCUT2D eigenvalue weighted by molar-refractivity contribution is -0.113. The largest absolute Gasteiger partial charge is 0.493 e. The van der Waals surface area contributed by atoms with Crippen LogP contribution in [0.2, 0.25) is 5.02 Å². The molecule has 2 aromatic carbocycles. The van der Waals surface area contributed by atoms with Gasteiger partial charge in [0.05, 0.1) is 15.9 Å². The topological polar surface area (TPSA) is 58.6 Å². The molecule has 0 radical (unpaired) electrons. The van der Waals surface area contributed by atoms with Gasteiger partial charge in [-0.15, -0.1) is 0 Å². The lowest BCUT2D eigenvalue weighted by Gasteiger charge is -2.11. The van der Waals surface area contributed by atoms with E-state index < -0.39 is 11.9 Å². The Bertz CT molecular complexity index is 882. The fourth-order valence-electron chi connectivity index (χ4n) is 2.43. The number of amides is 3. The van der Waals surface area contributed by atoms with Gasteiger partial charge in [-0.05, 0) is 71.5 Å². The molecule has 0 spiro atoms. The minimum atomic E-state index is -0.501. The smallest absolute Gasteiger partial charge is 0.333 e. The average molecular weight is 469 g/mol. The number of urea groups is 1. The Morgan fingerprint density at radius 1 is 1.24 bits per heavy atom. The van der Waals surface area contributed by atoms with E-state index in [2.05, 4.69) is 27.9 Å². The van der Waals surface area contributed by atoms with Gasteiger partial charge in [-0.25, -0.2) is 9.69 Å². The van der Waals surface area contributed by atoms with Crippen LogP contribution in [0, 0.1) is 3.57 Å². The van der Waals surface area contributed by atoms with Gasteiger partial charge in [-0.3, -0.25) is 4.79 Å². The van der Waals surface area contributed by atoms with Gasteiger partial charge in [0.15, 0.2) is 0 Å². The van der Waals surface area contributed by atoms with Crippen molar-refractivity contribution >= 4 is 57.9 Å². The van der Waals surface area contributed by atoms with Crippen molar-refractivity contribution < 1.29 is 14.3 Å². The van der Waals surface area contributed by atoms with Crippen LogP contribution in [0.1, 0.15) is 12.5 Å². The molecule has 3 rings (SSSR count). The number of ether oxygens (including phenoxy) is 1. The summed E-state index contributed by atoms with van der Waals surface area (Å²) in [5, 5.41) is 3.06. The molecule has 25 heavy (non-hydrogen) atoms. The molecule has 0 saturated carbocycles. The molecule has 128 valence electrons. The molecule has 7 heteroatoms. The number of hydrogen-bond donors (Lipinski definition) is 1. The zero-order valence-corrected chi connectivity index (χ0v) is 16.2. The molecule has 5 nitrogen and oxygen atoms in total. The molecule has 2 aromatic rings. The summed E-state index contributed by atoms with van der Waals surface area (Å²) in [7, 11) is 0. The molecule has 1 saturated heterocycles. The number of hydrogen-bond acceptors (Lipinski definition) is 3. The van der Waals surface area contributed by atoms with Gasteiger partial charge in [-0.2, -0.15) is 0 Å². The highest BCUT2D eigenvalue weighted by molar-refractivity contribution is 14.1. The standard InChI is InChI=1S/C18H14ClIN2O3/c1-2-25-16-7-6-11(8-14(16)20)9-15-17(23)22(18(24)21-15)13-5-3-4-12(19)10-13/h3-10H,2H2,1H3,(H,21,24)/b15-9+. The third-order valence-electron chi connectivity index (χ3n) is 3.51. The van der Waals surface area contributed by atoms with E-state index in [0.29, 0.717) is 17.3 Å². The van der Waals surface area contributed by atoms with Crippen LogP contribution in [0.3, 0.4) is 0 Å². The van der Waals surface area contributed by atoms with Crippen molar-refractivity contribution in [3.05, 3.63) is 62.3 Å². The number of anilines is 1. The predicted molar refractivity (Wildman–Crippen MR) is 106 cm³/mol. The van der Waals surface area contributed by atoms with Gasteiger partial charge in [-0.1, -0.05) is 23.7 Å². The maximum absolute atomic E-state index is 12.6. The van der Waals surface area contributed by atoms with Crippen molar-refractivity contribution in [2.24, 2.45) is 0 Å². The first kappa shape index (κ1) is 17.8. The number of carbonyl (C=O) groups is 2. The molecule has 3 amide bonds. The molecule has 1 heterocycles. The van der Waals surface area contributed by atoms with Crippen LogP contribution in [0.5, 0.6) is 5.75 Å². The number of imide groups is 1. The molecular weight excluding hydrogens is 455 g/mol. The Labute approximate surface area is 163 Å². The van der Waals surface area contributed by atoms with E-state index in [-0.39, 0.29) is 5.70 Å². The normalized spacial score (nSPS) is 15.6. The van der Waals surface area contributed by atoms with Crippen LogP contribution >= 0.6 is 34.2 Å². The van der Waals surface area contributed by atoms with Gasteiger partial charge in [0, 0.05) is 5.02 Å². The fourth-order valence-corrected chi connectivity index (χ4v) is 3.31. The van der Waals surface area contributed by atoms with Crippen LogP contribution in [0.15, 0.2) is 48.2 Å². The first-order valence-corrected chi connectivity index (χ1v) is 9.00. The van der Waals surface area contributed by atoms with Crippen LogP contribution < -0.4 is 15.0 Å². The maximum atomic E-state index is 12.6. The van der Waals surface area contributed by atoms with Gasteiger partial charge >= 0.3 is 6.03 Å². The second-order valence-electron chi connectivity index (χ2n) is 5.23. The summed E-state index contributed by atoms with van der Waals surface area (Å²) < 4.78 is 6.43. The van der Waals surface area contributed by atoms with Crippen LogP contribution in [-0.2, 0) is 4.79 Å². The fraction of sp³-hybridized carbons (Fsp3) is 0.111. The second kappa shape index (κ2) is 7.45. The van der Waals surface area contributed by atoms with Gasteiger partial charge in [0.1, 0.15) is 11.4 Å². The van der Waals surface area contributed by atoms with Gasteiger partial charge in [0.2, 0.25) is 0 Å². The summed E-state index contributed by atoms with van der Waals surface area (Å²) in [6, 6.07) is 11.7. The molecule has 1 aliphatic rings. The summed E-state index contributed by atoms with van der Waals surface area (Å²) in [5.74, 6) is 0.365. The maximum Gasteiger partial charge on any atom is 0.333 e. The summed E-state index contributed by atoms with van der Waals surface area (Å²) in [6.45, 7) is 2.50. The number of benzene rings is 2. The lowest BCUT2D eigenvalue weighted by Crippen LogP contribution is -2.30. The third kappa shape index (κ3) is 3.80. The van der Waals surface area contributed by atoms with Crippen LogP contribution in [-0.4, -0.2) is 18.5 Å². The molecule has 0 aromatic heterocycles. The van der Waals surface area contributed by atoms with E-state index in [1.54, 1.807) is 30.3 Å². The average Bonchev–Trinajstić information content (AvgIpc) is 2.84. The summed E-state index contributed by atoms with van der Waals surface area (Å²) in [4.78, 5) is 25.8. The lowest BCUT2D eigenvalue weighted by atomic mass is 10.2. The highest BCUT2D eigenvalue weighted by atomic mass is 127. The Kier molecular flexibility index (Phi) is 5.29. The van der Waals surface area contributed by atoms with Crippen LogP contribution in [0.25, 0.3) is 6.08 Å². The Morgan fingerprint density at radius 3 is 2.72 bits per heavy atom. The Hall–Kier alpha value is -2.06. The van der Waals surface area contributed by atoms with Crippen molar-refractivity contribution in [3.8, 4) is 5.75 Å². The molecule has 0 unspecified atom stereocenters. The van der Waals surface area contributed by atoms with Crippen molar-refractivity contribution in [2.45, 2.75) is 6.92 Å². The molecule has 0 atom stereocenters. The second-order valence-corrected chi connectivity index (χ2v) is 6.83. The van der Waals surface area contributed by atoms with Crippen molar-refractivity contribution in [2.75, 3.05) is 11.5 Å². The van der Waals surface area contributed by atoms with Crippen molar-refractivity contribution in [3.63, 3.8) is 0 Å². The molecular formula is C18H14ClIN2O3. The summed E-state index contributed by atoms with van der Waals surface area (Å²) in [6.07, 6.45) is 1.64. The molecule has 0 aliphatic carbocycles. The minimum absolute atomic E-state index is 0.213. The van der Waals surface area contributed by atoms with E-state index in [4.69, 9.17) is 16.3 Å². The summed E-state index contributed by atoms with van der Waals surface area (Å²) in [5.41, 5.74) is 1.44. The Morgan fingerprint density at radius 2 is 2.04 bits per heavy atom. The SMILES string of the molecule is CCOc1ccc(/C=C2/NC(=O)N(c3cccc(Cl)c3)C2=O)cc1I. The highest BCUT2D eigenvalue weighted by Crippen LogP contribution is 2.26. The summed E-state index contributed by atoms with van der Waals surface area (Å²) >= 11 is 8.12. The number of halogens is 2. The number of nitrogens with zero attached hydrogens (tertiary/aromatic N) is 1. The Balaban J connectivity index is 1.89. The van der Waals surface area contributed by atoms with E-state index in [1.165, 1.54) is 0 Å². The highest BCUT2D eigenvalue weighted by Gasteiger charge is 2.34. The van der Waals surface area contributed by atoms with E-state index >= 15 is 0 Å².